The highest BCUT2D eigenvalue weighted by Gasteiger charge is 2.25. The molecule has 12 heteroatoms. The number of pyridine rings is 2. The number of anilines is 2. The van der Waals surface area contributed by atoms with E-state index in [-0.39, 0.29) is 16.8 Å². The van der Waals surface area contributed by atoms with Gasteiger partial charge in [0.25, 0.3) is 0 Å². The average molecular weight is 527 g/mol. The fourth-order valence-electron chi connectivity index (χ4n) is 4.97. The molecule has 0 saturated carbocycles. The van der Waals surface area contributed by atoms with Gasteiger partial charge in [0, 0.05) is 30.4 Å². The van der Waals surface area contributed by atoms with Crippen LogP contribution < -0.4 is 20.1 Å². The maximum absolute atomic E-state index is 12.7. The number of nitrogen functional groups attached to an aromatic ring is 1. The van der Waals surface area contributed by atoms with E-state index in [1.165, 1.54) is 7.05 Å². The number of nitrogens with one attached hydrogen (secondary N) is 1. The monoisotopic (exact) mass is 526 g/mol. The second-order valence-electron chi connectivity index (χ2n) is 9.84. The van der Waals surface area contributed by atoms with Crippen molar-refractivity contribution in [2.75, 3.05) is 44.4 Å². The first-order valence-corrected chi connectivity index (χ1v) is 14.1. The third-order valence-electron chi connectivity index (χ3n) is 7.26. The van der Waals surface area contributed by atoms with E-state index in [4.69, 9.17) is 15.5 Å². The predicted molar refractivity (Wildman–Crippen MR) is 142 cm³/mol. The lowest BCUT2D eigenvalue weighted by atomic mass is 10.1. The highest BCUT2D eigenvalue weighted by atomic mass is 32.2. The molecule has 3 aromatic heterocycles. The Labute approximate surface area is 217 Å². The molecule has 0 amide bonds. The third-order valence-corrected chi connectivity index (χ3v) is 8.65. The number of likely N-dealkylation sites (tertiary alicyclic amines) is 1. The lowest BCUT2D eigenvalue weighted by Gasteiger charge is -2.28. The number of piperidine rings is 1. The number of hydrogen-bond donors (Lipinski definition) is 2. The quantitative estimate of drug-likeness (QED) is 0.477. The minimum absolute atomic E-state index is 0.146. The van der Waals surface area contributed by atoms with Gasteiger partial charge < -0.3 is 20.3 Å². The molecular formula is C25H34N8O3S. The summed E-state index contributed by atoms with van der Waals surface area (Å²) in [6.45, 7) is 5.02. The van der Waals surface area contributed by atoms with E-state index in [9.17, 15) is 8.42 Å². The van der Waals surface area contributed by atoms with Crippen LogP contribution in [-0.4, -0.2) is 72.8 Å². The lowest BCUT2D eigenvalue weighted by Crippen LogP contribution is -2.31. The van der Waals surface area contributed by atoms with Crippen LogP contribution in [0.4, 0.5) is 11.6 Å². The number of nitrogens with two attached hydrogens (primary N) is 1. The number of aromatic nitrogens is 4. The summed E-state index contributed by atoms with van der Waals surface area (Å²) in [6, 6.07) is 5.52. The smallest absolute Gasteiger partial charge is 0.240 e. The van der Waals surface area contributed by atoms with E-state index in [1.807, 2.05) is 10.9 Å². The summed E-state index contributed by atoms with van der Waals surface area (Å²) in [5, 5.41) is 4.50. The van der Waals surface area contributed by atoms with E-state index in [0.717, 1.165) is 45.3 Å². The Hall–Kier alpha value is -3.22. The molecule has 0 aromatic carbocycles. The van der Waals surface area contributed by atoms with Crippen molar-refractivity contribution in [1.29, 1.82) is 0 Å². The molecule has 2 aliphatic rings. The van der Waals surface area contributed by atoms with Crippen LogP contribution in [0.5, 0.6) is 11.5 Å². The zero-order valence-corrected chi connectivity index (χ0v) is 22.3. The summed E-state index contributed by atoms with van der Waals surface area (Å²) in [6.07, 6.45) is 9.28. The molecule has 0 radical (unpaired) electrons. The molecule has 2 saturated heterocycles. The van der Waals surface area contributed by atoms with Crippen molar-refractivity contribution >= 4 is 21.7 Å². The van der Waals surface area contributed by atoms with Gasteiger partial charge >= 0.3 is 0 Å². The molecule has 37 heavy (non-hydrogen) atoms. The van der Waals surface area contributed by atoms with Gasteiger partial charge in [-0.25, -0.2) is 23.1 Å². The molecule has 2 aliphatic heterocycles. The number of rotatable bonds is 7. The van der Waals surface area contributed by atoms with Gasteiger partial charge in [-0.1, -0.05) is 0 Å². The van der Waals surface area contributed by atoms with Gasteiger partial charge in [0.15, 0.2) is 17.3 Å². The number of nitrogens with zero attached hydrogens (tertiary/aromatic N) is 6. The second kappa shape index (κ2) is 10.3. The Morgan fingerprint density at radius 3 is 2.59 bits per heavy atom. The van der Waals surface area contributed by atoms with Crippen molar-refractivity contribution in [3.8, 4) is 22.8 Å². The molecule has 0 aliphatic carbocycles. The van der Waals surface area contributed by atoms with Crippen molar-refractivity contribution < 1.29 is 13.2 Å². The van der Waals surface area contributed by atoms with Crippen molar-refractivity contribution in [2.45, 2.75) is 49.6 Å². The van der Waals surface area contributed by atoms with E-state index < -0.39 is 10.0 Å². The number of hydrogen-bond acceptors (Lipinski definition) is 9. The van der Waals surface area contributed by atoms with Gasteiger partial charge in [-0.05, 0) is 71.9 Å². The molecule has 2 fully saturated rings. The highest BCUT2D eigenvalue weighted by molar-refractivity contribution is 7.89. The van der Waals surface area contributed by atoms with Crippen LogP contribution in [-0.2, 0) is 10.0 Å². The Morgan fingerprint density at radius 2 is 1.89 bits per heavy atom. The topological polar surface area (TPSA) is 132 Å². The standard InChI is InChI=1S/C25H34N8O3S/c1-17-5-4-8-32(17)24-13-21(37(34,35)27-2)12-22(30-24)18-11-23(25(26)28-14-18)36-20-15-29-33(16-20)19-6-9-31(3)10-7-19/h11-17,19,27H,4-10H2,1-3H3,(H2,26,28)/t17-/m1/s1. The third kappa shape index (κ3) is 5.41. The molecule has 0 unspecified atom stereocenters. The Morgan fingerprint density at radius 1 is 1.11 bits per heavy atom. The predicted octanol–water partition coefficient (Wildman–Crippen LogP) is 2.88. The van der Waals surface area contributed by atoms with Gasteiger partial charge in [0.1, 0.15) is 5.82 Å². The molecule has 1 atom stereocenters. The summed E-state index contributed by atoms with van der Waals surface area (Å²) < 4.78 is 35.9. The van der Waals surface area contributed by atoms with Gasteiger partial charge in [0.2, 0.25) is 10.0 Å². The van der Waals surface area contributed by atoms with Crippen LogP contribution in [0.2, 0.25) is 0 Å². The van der Waals surface area contributed by atoms with E-state index in [0.29, 0.717) is 34.6 Å². The molecular weight excluding hydrogens is 492 g/mol. The van der Waals surface area contributed by atoms with Crippen LogP contribution in [0.25, 0.3) is 11.3 Å². The van der Waals surface area contributed by atoms with E-state index >= 15 is 0 Å². The Balaban J connectivity index is 1.45. The number of sulfonamides is 1. The fraction of sp³-hybridized carbons (Fsp3) is 0.480. The lowest BCUT2D eigenvalue weighted by molar-refractivity contribution is 0.212. The molecule has 3 aromatic rings. The summed E-state index contributed by atoms with van der Waals surface area (Å²) in [7, 11) is -0.156. The SMILES string of the molecule is CNS(=O)(=O)c1cc(-c2cnc(N)c(Oc3cnn(C4CCN(C)CC4)c3)c2)nc(N2CCC[C@H]2C)c1. The summed E-state index contributed by atoms with van der Waals surface area (Å²) in [5.41, 5.74) is 7.23. The molecule has 198 valence electrons. The maximum atomic E-state index is 12.7. The number of ether oxygens (including phenoxy) is 1. The van der Waals surface area contributed by atoms with Gasteiger partial charge in [-0.3, -0.25) is 4.68 Å². The Kier molecular flexibility index (Phi) is 7.06. The van der Waals surface area contributed by atoms with Crippen molar-refractivity contribution in [3.05, 3.63) is 36.8 Å². The van der Waals surface area contributed by atoms with Crippen LogP contribution >= 0.6 is 0 Å². The molecule has 11 nitrogen and oxygen atoms in total. The zero-order valence-electron chi connectivity index (χ0n) is 21.5. The molecule has 5 heterocycles. The second-order valence-corrected chi connectivity index (χ2v) is 11.7. The van der Waals surface area contributed by atoms with Gasteiger partial charge in [-0.15, -0.1) is 0 Å². The van der Waals surface area contributed by atoms with E-state index in [1.54, 1.807) is 30.6 Å². The van der Waals surface area contributed by atoms with E-state index in [2.05, 4.69) is 38.6 Å². The normalized spacial score (nSPS) is 19.4. The molecule has 0 spiro atoms. The summed E-state index contributed by atoms with van der Waals surface area (Å²) >= 11 is 0. The van der Waals surface area contributed by atoms with Gasteiger partial charge in [-0.2, -0.15) is 5.10 Å². The minimum Gasteiger partial charge on any atom is -0.450 e. The van der Waals surface area contributed by atoms with Crippen LogP contribution in [0.15, 0.2) is 41.7 Å². The largest absolute Gasteiger partial charge is 0.450 e. The Bertz CT molecular complexity index is 1370. The molecule has 0 bridgehead atoms. The first kappa shape index (κ1) is 25.4. The van der Waals surface area contributed by atoms with Crippen LogP contribution in [0, 0.1) is 0 Å². The van der Waals surface area contributed by atoms with Crippen molar-refractivity contribution in [3.63, 3.8) is 0 Å². The molecule has 3 N–H and O–H groups in total. The highest BCUT2D eigenvalue weighted by Crippen LogP contribution is 2.34. The van der Waals surface area contributed by atoms with Crippen LogP contribution in [0.1, 0.15) is 38.6 Å². The fourth-order valence-corrected chi connectivity index (χ4v) is 5.73. The first-order chi connectivity index (χ1) is 17.7. The van der Waals surface area contributed by atoms with Crippen LogP contribution in [0.3, 0.4) is 0 Å². The summed E-state index contributed by atoms with van der Waals surface area (Å²) in [4.78, 5) is 13.7. The van der Waals surface area contributed by atoms with Crippen molar-refractivity contribution in [1.82, 2.24) is 29.4 Å². The van der Waals surface area contributed by atoms with Gasteiger partial charge in [0.05, 0.1) is 29.0 Å². The zero-order chi connectivity index (χ0) is 26.2. The van der Waals surface area contributed by atoms with Crippen molar-refractivity contribution in [2.24, 2.45) is 0 Å². The molecule has 5 rings (SSSR count). The minimum atomic E-state index is -3.68. The average Bonchev–Trinajstić information content (AvgIpc) is 3.54. The first-order valence-electron chi connectivity index (χ1n) is 12.6. The summed E-state index contributed by atoms with van der Waals surface area (Å²) in [5.74, 6) is 1.77. The maximum Gasteiger partial charge on any atom is 0.240 e.